The molecule has 1 aliphatic heterocycles. The molecule has 0 spiro atoms. The average molecular weight is 144 g/mol. The van der Waals surface area contributed by atoms with E-state index in [2.05, 4.69) is 0 Å². The van der Waals surface area contributed by atoms with Crippen LogP contribution in [0.1, 0.15) is 19.8 Å². The lowest BCUT2D eigenvalue weighted by Gasteiger charge is -2.25. The van der Waals surface area contributed by atoms with Crippen LogP contribution in [0.3, 0.4) is 0 Å². The Balaban J connectivity index is 2.40. The van der Waals surface area contributed by atoms with E-state index in [1.807, 2.05) is 0 Å². The van der Waals surface area contributed by atoms with Crippen LogP contribution in [0.4, 0.5) is 0 Å². The maximum Gasteiger partial charge on any atom is 0.161 e. The number of ether oxygens (including phenoxy) is 2. The summed E-state index contributed by atoms with van der Waals surface area (Å²) in [6.07, 6.45) is 0.825. The molecule has 0 aliphatic carbocycles. The van der Waals surface area contributed by atoms with Crippen LogP contribution in [0, 0.1) is 0 Å². The number of carbonyl (C=O) groups is 1. The molecule has 58 valence electrons. The van der Waals surface area contributed by atoms with Crippen LogP contribution in [0.5, 0.6) is 0 Å². The second-order valence-corrected chi connectivity index (χ2v) is 2.45. The predicted octanol–water partition coefficient (Wildman–Crippen LogP) is 0.727. The van der Waals surface area contributed by atoms with E-state index >= 15 is 0 Å². The third kappa shape index (κ3) is 1.55. The molecule has 0 unspecified atom stereocenters. The first kappa shape index (κ1) is 7.69. The van der Waals surface area contributed by atoms with Crippen LogP contribution in [-0.4, -0.2) is 25.3 Å². The highest BCUT2D eigenvalue weighted by Gasteiger charge is 2.25. The van der Waals surface area contributed by atoms with Crippen LogP contribution < -0.4 is 0 Å². The molecule has 1 saturated heterocycles. The van der Waals surface area contributed by atoms with Gasteiger partial charge in [0.2, 0.25) is 0 Å². The zero-order chi connectivity index (χ0) is 7.56. The number of Topliss-reactive ketones (excluding diaryl/α,β-unsaturated/α-hetero) is 1. The van der Waals surface area contributed by atoms with E-state index in [1.165, 1.54) is 0 Å². The summed E-state index contributed by atoms with van der Waals surface area (Å²) in [6, 6.07) is 0. The molecular weight excluding hydrogens is 132 g/mol. The second kappa shape index (κ2) is 3.12. The maximum atomic E-state index is 10.9. The molecule has 0 aromatic rings. The SMILES string of the molecule is CO[C@H]1CCC(=O)[C@H](C)O1. The van der Waals surface area contributed by atoms with Crippen molar-refractivity contribution in [1.82, 2.24) is 0 Å². The van der Waals surface area contributed by atoms with Gasteiger partial charge in [-0.05, 0) is 6.92 Å². The zero-order valence-electron chi connectivity index (χ0n) is 6.29. The van der Waals surface area contributed by atoms with Crippen LogP contribution >= 0.6 is 0 Å². The first-order chi connectivity index (χ1) is 4.74. The van der Waals surface area contributed by atoms with Crippen LogP contribution in [0.15, 0.2) is 0 Å². The van der Waals surface area contributed by atoms with Crippen molar-refractivity contribution in [1.29, 1.82) is 0 Å². The molecule has 1 rings (SSSR count). The molecule has 0 bridgehead atoms. The Morgan fingerprint density at radius 2 is 2.40 bits per heavy atom. The summed E-state index contributed by atoms with van der Waals surface area (Å²) in [4.78, 5) is 10.9. The maximum absolute atomic E-state index is 10.9. The summed E-state index contributed by atoms with van der Waals surface area (Å²) in [5.74, 6) is 0.174. The zero-order valence-corrected chi connectivity index (χ0v) is 6.29. The van der Waals surface area contributed by atoms with Gasteiger partial charge in [-0.1, -0.05) is 0 Å². The minimum atomic E-state index is -0.279. The van der Waals surface area contributed by atoms with Crippen molar-refractivity contribution in [3.8, 4) is 0 Å². The van der Waals surface area contributed by atoms with Crippen LogP contribution in [0.2, 0.25) is 0 Å². The lowest BCUT2D eigenvalue weighted by molar-refractivity contribution is -0.182. The lowest BCUT2D eigenvalue weighted by atomic mass is 10.1. The van der Waals surface area contributed by atoms with Gasteiger partial charge in [0.15, 0.2) is 12.1 Å². The topological polar surface area (TPSA) is 35.5 Å². The number of hydrogen-bond acceptors (Lipinski definition) is 3. The summed E-state index contributed by atoms with van der Waals surface area (Å²) < 4.78 is 10.1. The van der Waals surface area contributed by atoms with E-state index in [4.69, 9.17) is 9.47 Å². The quantitative estimate of drug-likeness (QED) is 0.544. The molecule has 1 aliphatic rings. The van der Waals surface area contributed by atoms with Crippen LogP contribution in [0.25, 0.3) is 0 Å². The van der Waals surface area contributed by atoms with Crippen molar-refractivity contribution in [2.45, 2.75) is 32.2 Å². The Labute approximate surface area is 60.3 Å². The standard InChI is InChI=1S/C7H12O3/c1-5-6(8)3-4-7(9-2)10-5/h5,7H,3-4H2,1-2H3/t5-,7+/m0/s1. The van der Waals surface area contributed by atoms with Gasteiger partial charge in [0, 0.05) is 20.0 Å². The third-order valence-corrected chi connectivity index (χ3v) is 1.70. The van der Waals surface area contributed by atoms with Gasteiger partial charge in [0.25, 0.3) is 0 Å². The van der Waals surface area contributed by atoms with E-state index < -0.39 is 0 Å². The average Bonchev–Trinajstić information content (AvgIpc) is 1.95. The number of hydrogen-bond donors (Lipinski definition) is 0. The van der Waals surface area contributed by atoms with E-state index in [-0.39, 0.29) is 18.2 Å². The molecular formula is C7H12O3. The smallest absolute Gasteiger partial charge is 0.161 e. The summed E-state index contributed by atoms with van der Waals surface area (Å²) >= 11 is 0. The van der Waals surface area contributed by atoms with Gasteiger partial charge in [-0.3, -0.25) is 4.79 Å². The normalized spacial score (nSPS) is 34.4. The molecule has 3 nitrogen and oxygen atoms in total. The minimum absolute atomic E-state index is 0.173. The Morgan fingerprint density at radius 3 is 2.90 bits per heavy atom. The van der Waals surface area contributed by atoms with Gasteiger partial charge >= 0.3 is 0 Å². The van der Waals surface area contributed by atoms with Crippen molar-refractivity contribution in [3.63, 3.8) is 0 Å². The van der Waals surface area contributed by atoms with Crippen molar-refractivity contribution >= 4 is 5.78 Å². The van der Waals surface area contributed by atoms with Gasteiger partial charge in [-0.15, -0.1) is 0 Å². The van der Waals surface area contributed by atoms with Crippen LogP contribution in [-0.2, 0) is 14.3 Å². The number of ketones is 1. The molecule has 0 radical (unpaired) electrons. The fourth-order valence-electron chi connectivity index (χ4n) is 1.01. The molecule has 2 atom stereocenters. The molecule has 1 heterocycles. The molecule has 0 amide bonds. The molecule has 10 heavy (non-hydrogen) atoms. The molecule has 0 aromatic heterocycles. The highest BCUT2D eigenvalue weighted by atomic mass is 16.7. The molecule has 0 saturated carbocycles. The fraction of sp³-hybridized carbons (Fsp3) is 0.857. The molecule has 3 heteroatoms. The third-order valence-electron chi connectivity index (χ3n) is 1.70. The summed E-state index contributed by atoms with van der Waals surface area (Å²) in [5, 5.41) is 0. The highest BCUT2D eigenvalue weighted by Crippen LogP contribution is 2.15. The van der Waals surface area contributed by atoms with Crippen molar-refractivity contribution < 1.29 is 14.3 Å². The highest BCUT2D eigenvalue weighted by molar-refractivity contribution is 5.83. The van der Waals surface area contributed by atoms with Crippen molar-refractivity contribution in [2.24, 2.45) is 0 Å². The number of rotatable bonds is 1. The van der Waals surface area contributed by atoms with Gasteiger partial charge < -0.3 is 9.47 Å². The molecule has 0 aromatic carbocycles. The van der Waals surface area contributed by atoms with Crippen molar-refractivity contribution in [3.05, 3.63) is 0 Å². The summed E-state index contributed by atoms with van der Waals surface area (Å²) in [6.45, 7) is 1.76. The van der Waals surface area contributed by atoms with Gasteiger partial charge in [-0.25, -0.2) is 0 Å². The molecule has 1 fully saturated rings. The minimum Gasteiger partial charge on any atom is -0.356 e. The largest absolute Gasteiger partial charge is 0.356 e. The number of carbonyl (C=O) groups excluding carboxylic acids is 1. The van der Waals surface area contributed by atoms with Crippen molar-refractivity contribution in [2.75, 3.05) is 7.11 Å². The predicted molar refractivity (Wildman–Crippen MR) is 35.6 cm³/mol. The van der Waals surface area contributed by atoms with Gasteiger partial charge in [0.1, 0.15) is 6.10 Å². The first-order valence-electron chi connectivity index (χ1n) is 3.45. The van der Waals surface area contributed by atoms with Gasteiger partial charge in [-0.2, -0.15) is 0 Å². The Hall–Kier alpha value is -0.410. The Kier molecular flexibility index (Phi) is 2.40. The van der Waals surface area contributed by atoms with E-state index in [9.17, 15) is 4.79 Å². The monoisotopic (exact) mass is 144 g/mol. The molecule has 0 N–H and O–H groups in total. The van der Waals surface area contributed by atoms with E-state index in [0.717, 1.165) is 0 Å². The van der Waals surface area contributed by atoms with E-state index in [1.54, 1.807) is 14.0 Å². The van der Waals surface area contributed by atoms with Gasteiger partial charge in [0.05, 0.1) is 0 Å². The number of methoxy groups -OCH3 is 1. The summed E-state index contributed by atoms with van der Waals surface area (Å²) in [7, 11) is 1.59. The Morgan fingerprint density at radius 1 is 1.70 bits per heavy atom. The Bertz CT molecular complexity index is 133. The second-order valence-electron chi connectivity index (χ2n) is 2.45. The summed E-state index contributed by atoms with van der Waals surface area (Å²) in [5.41, 5.74) is 0. The fourth-order valence-corrected chi connectivity index (χ4v) is 1.01. The van der Waals surface area contributed by atoms with E-state index in [0.29, 0.717) is 12.8 Å². The lowest BCUT2D eigenvalue weighted by Crippen LogP contribution is -2.34. The first-order valence-corrected chi connectivity index (χ1v) is 3.45.